The fraction of sp³-hybridized carbons (Fsp3) is 0.636. The summed E-state index contributed by atoms with van der Waals surface area (Å²) in [7, 11) is 0. The fourth-order valence-corrected chi connectivity index (χ4v) is 2.09. The highest BCUT2D eigenvalue weighted by atomic mass is 19.1. The molecule has 0 saturated carbocycles. The van der Waals surface area contributed by atoms with Gasteiger partial charge in [-0.2, -0.15) is 0 Å². The Bertz CT molecular complexity index is 570. The topological polar surface area (TPSA) is 110 Å². The van der Waals surface area contributed by atoms with Crippen LogP contribution in [0, 0.1) is 0 Å². The van der Waals surface area contributed by atoms with E-state index in [0.717, 1.165) is 4.57 Å². The van der Waals surface area contributed by atoms with Crippen LogP contribution in [-0.4, -0.2) is 39.6 Å². The smallest absolute Gasteiger partial charge is 0.330 e. The number of nitrogens with two attached hydrogens (primary N) is 1. The molecule has 7 nitrogen and oxygen atoms in total. The second-order valence-electron chi connectivity index (χ2n) is 4.41. The molecule has 1 aromatic rings. The van der Waals surface area contributed by atoms with Gasteiger partial charge in [-0.05, 0) is 6.42 Å². The van der Waals surface area contributed by atoms with Gasteiger partial charge in [0.15, 0.2) is 12.4 Å². The van der Waals surface area contributed by atoms with Crippen molar-refractivity contribution in [1.29, 1.82) is 0 Å². The average Bonchev–Trinajstić information content (AvgIpc) is 2.67. The summed E-state index contributed by atoms with van der Waals surface area (Å²) in [6.45, 7) is 1.68. The molecule has 4 N–H and O–H groups in total. The van der Waals surface area contributed by atoms with Crippen LogP contribution in [0.1, 0.15) is 18.7 Å². The summed E-state index contributed by atoms with van der Waals surface area (Å²) >= 11 is 0. The second kappa shape index (κ2) is 5.24. The van der Waals surface area contributed by atoms with Crippen LogP contribution in [0.2, 0.25) is 0 Å². The van der Waals surface area contributed by atoms with Crippen molar-refractivity contribution in [3.8, 4) is 0 Å². The molecule has 19 heavy (non-hydrogen) atoms. The minimum atomic E-state index is -1.78. The van der Waals surface area contributed by atoms with Gasteiger partial charge in [0.2, 0.25) is 0 Å². The number of halogens is 1. The molecule has 0 amide bonds. The van der Waals surface area contributed by atoms with E-state index < -0.39 is 35.9 Å². The van der Waals surface area contributed by atoms with Crippen LogP contribution in [-0.2, 0) is 11.2 Å². The molecule has 0 aromatic carbocycles. The van der Waals surface area contributed by atoms with Crippen LogP contribution >= 0.6 is 0 Å². The van der Waals surface area contributed by atoms with E-state index in [0.29, 0.717) is 12.0 Å². The lowest BCUT2D eigenvalue weighted by atomic mass is 10.1. The zero-order chi connectivity index (χ0) is 14.2. The molecule has 4 atom stereocenters. The maximum Gasteiger partial charge on any atom is 0.330 e. The molecular formula is C11H16FN3O4. The Morgan fingerprint density at radius 2 is 2.26 bits per heavy atom. The molecule has 0 radical (unpaired) electrons. The van der Waals surface area contributed by atoms with Crippen molar-refractivity contribution in [2.45, 2.75) is 38.0 Å². The monoisotopic (exact) mass is 273 g/mol. The van der Waals surface area contributed by atoms with Gasteiger partial charge in [0.05, 0.1) is 0 Å². The summed E-state index contributed by atoms with van der Waals surface area (Å²) in [5.74, 6) is 0. The number of alkyl halides is 1. The molecule has 2 rings (SSSR count). The lowest BCUT2D eigenvalue weighted by Crippen LogP contribution is -2.37. The first-order chi connectivity index (χ1) is 8.99. The standard InChI is InChI=1S/C11H16FN3O4/c1-2-5-4-15(11(18)14-9(5)17)10-7(12)8(16)6(3-13)19-10/h4,6-8,10,16H,2-3,13H2,1H3,(H,14,17,18)/t6-,7-,8-,10-/m1/s1. The summed E-state index contributed by atoms with van der Waals surface area (Å²) in [5.41, 5.74) is 4.40. The highest BCUT2D eigenvalue weighted by Gasteiger charge is 2.44. The van der Waals surface area contributed by atoms with Crippen molar-refractivity contribution in [1.82, 2.24) is 9.55 Å². The summed E-state index contributed by atoms with van der Waals surface area (Å²) in [5, 5.41) is 9.59. The van der Waals surface area contributed by atoms with E-state index in [2.05, 4.69) is 4.98 Å². The molecule has 1 aliphatic heterocycles. The third-order valence-electron chi connectivity index (χ3n) is 3.22. The molecule has 106 valence electrons. The minimum Gasteiger partial charge on any atom is -0.387 e. The number of aliphatic hydroxyl groups excluding tert-OH is 1. The van der Waals surface area contributed by atoms with Gasteiger partial charge in [-0.25, -0.2) is 9.18 Å². The predicted octanol–water partition coefficient (Wildman–Crippen LogP) is -1.35. The molecule has 0 unspecified atom stereocenters. The number of aryl methyl sites for hydroxylation is 1. The van der Waals surface area contributed by atoms with Crippen LogP contribution in [0.15, 0.2) is 15.8 Å². The van der Waals surface area contributed by atoms with E-state index >= 15 is 0 Å². The first-order valence-electron chi connectivity index (χ1n) is 6.01. The van der Waals surface area contributed by atoms with E-state index in [-0.39, 0.29) is 6.54 Å². The van der Waals surface area contributed by atoms with Crippen molar-refractivity contribution in [2.75, 3.05) is 6.54 Å². The number of nitrogens with one attached hydrogen (secondary N) is 1. The van der Waals surface area contributed by atoms with E-state index in [1.54, 1.807) is 6.92 Å². The molecule has 0 spiro atoms. The van der Waals surface area contributed by atoms with Gasteiger partial charge in [0.1, 0.15) is 12.2 Å². The van der Waals surface area contributed by atoms with Gasteiger partial charge in [0, 0.05) is 18.3 Å². The highest BCUT2D eigenvalue weighted by Crippen LogP contribution is 2.30. The third-order valence-corrected chi connectivity index (χ3v) is 3.22. The van der Waals surface area contributed by atoms with E-state index in [1.807, 2.05) is 0 Å². The number of aromatic amines is 1. The quantitative estimate of drug-likeness (QED) is 0.631. The fourth-order valence-electron chi connectivity index (χ4n) is 2.09. The summed E-state index contributed by atoms with van der Waals surface area (Å²) in [6, 6.07) is 0. The lowest BCUT2D eigenvalue weighted by Gasteiger charge is -2.16. The Kier molecular flexibility index (Phi) is 3.83. The van der Waals surface area contributed by atoms with Gasteiger partial charge >= 0.3 is 5.69 Å². The predicted molar refractivity (Wildman–Crippen MR) is 64.6 cm³/mol. The van der Waals surface area contributed by atoms with Crippen molar-refractivity contribution >= 4 is 0 Å². The lowest BCUT2D eigenvalue weighted by molar-refractivity contribution is -0.0226. The SMILES string of the molecule is CCc1cn([C@@H]2O[C@H](CN)[C@@H](O)[C@H]2F)c(=O)[nH]c1=O. The Morgan fingerprint density at radius 1 is 1.58 bits per heavy atom. The number of rotatable bonds is 3. The zero-order valence-corrected chi connectivity index (χ0v) is 10.4. The molecule has 2 heterocycles. The van der Waals surface area contributed by atoms with Crippen LogP contribution in [0.3, 0.4) is 0 Å². The molecule has 0 aliphatic carbocycles. The average molecular weight is 273 g/mol. The van der Waals surface area contributed by atoms with Crippen molar-refractivity contribution in [3.05, 3.63) is 32.6 Å². The van der Waals surface area contributed by atoms with E-state index in [1.165, 1.54) is 6.20 Å². The van der Waals surface area contributed by atoms with E-state index in [4.69, 9.17) is 10.5 Å². The maximum atomic E-state index is 13.9. The van der Waals surface area contributed by atoms with Gasteiger partial charge in [-0.3, -0.25) is 14.3 Å². The molecular weight excluding hydrogens is 257 g/mol. The molecule has 1 saturated heterocycles. The molecule has 1 aromatic heterocycles. The van der Waals surface area contributed by atoms with E-state index in [9.17, 15) is 19.1 Å². The number of hydrogen-bond donors (Lipinski definition) is 3. The van der Waals surface area contributed by atoms with Crippen molar-refractivity contribution in [2.24, 2.45) is 5.73 Å². The summed E-state index contributed by atoms with van der Waals surface area (Å²) in [4.78, 5) is 25.2. The Balaban J connectivity index is 2.43. The number of hydrogen-bond acceptors (Lipinski definition) is 5. The van der Waals surface area contributed by atoms with Gasteiger partial charge in [-0.1, -0.05) is 6.92 Å². The van der Waals surface area contributed by atoms with Gasteiger partial charge in [-0.15, -0.1) is 0 Å². The Hall–Kier alpha value is -1.51. The normalized spacial score (nSPS) is 30.7. The van der Waals surface area contributed by atoms with Gasteiger partial charge in [0.25, 0.3) is 5.56 Å². The molecule has 1 fully saturated rings. The highest BCUT2D eigenvalue weighted by molar-refractivity contribution is 5.05. The van der Waals surface area contributed by atoms with Crippen molar-refractivity contribution < 1.29 is 14.2 Å². The molecule has 0 bridgehead atoms. The Labute approximate surface area is 107 Å². The largest absolute Gasteiger partial charge is 0.387 e. The van der Waals surface area contributed by atoms with Crippen LogP contribution in [0.4, 0.5) is 4.39 Å². The number of ether oxygens (including phenoxy) is 1. The number of aliphatic hydroxyl groups is 1. The summed E-state index contributed by atoms with van der Waals surface area (Å²) in [6.07, 6.45) is -3.67. The van der Waals surface area contributed by atoms with Crippen molar-refractivity contribution in [3.63, 3.8) is 0 Å². The molecule has 1 aliphatic rings. The first kappa shape index (κ1) is 13.9. The second-order valence-corrected chi connectivity index (χ2v) is 4.41. The summed E-state index contributed by atoms with van der Waals surface area (Å²) < 4.78 is 20.1. The van der Waals surface area contributed by atoms with Crippen LogP contribution in [0.5, 0.6) is 0 Å². The Morgan fingerprint density at radius 3 is 2.79 bits per heavy atom. The number of aromatic nitrogens is 2. The van der Waals surface area contributed by atoms with Crippen LogP contribution in [0.25, 0.3) is 0 Å². The maximum absolute atomic E-state index is 13.9. The molecule has 8 heteroatoms. The number of H-pyrrole nitrogens is 1. The first-order valence-corrected chi connectivity index (χ1v) is 6.01. The number of nitrogens with zero attached hydrogens (tertiary/aromatic N) is 1. The van der Waals surface area contributed by atoms with Gasteiger partial charge < -0.3 is 15.6 Å². The zero-order valence-electron chi connectivity index (χ0n) is 10.4. The van der Waals surface area contributed by atoms with Crippen LogP contribution < -0.4 is 17.0 Å². The third kappa shape index (κ3) is 2.34. The minimum absolute atomic E-state index is 0.0587.